The van der Waals surface area contributed by atoms with E-state index in [1.165, 1.54) is 49.0 Å². The Morgan fingerprint density at radius 2 is 1.70 bits per heavy atom. The van der Waals surface area contributed by atoms with Crippen LogP contribution in [0.5, 0.6) is 0 Å². The Morgan fingerprint density at radius 1 is 1.03 bits per heavy atom. The van der Waals surface area contributed by atoms with E-state index >= 15 is 0 Å². The van der Waals surface area contributed by atoms with Gasteiger partial charge in [0.2, 0.25) is 15.9 Å². The molecule has 3 aliphatic rings. The summed E-state index contributed by atoms with van der Waals surface area (Å²) in [6, 6.07) is 6.28. The lowest BCUT2D eigenvalue weighted by molar-refractivity contribution is -0.127. The summed E-state index contributed by atoms with van der Waals surface area (Å²) in [5.74, 6) is 2.09. The second-order valence-corrected chi connectivity index (χ2v) is 11.3. The molecule has 4 rings (SSSR count). The van der Waals surface area contributed by atoms with Crippen LogP contribution < -0.4 is 5.32 Å². The Balaban J connectivity index is 1.31. The first-order valence-electron chi connectivity index (χ1n) is 11.2. The lowest BCUT2D eigenvalue weighted by Crippen LogP contribution is -2.47. The second-order valence-electron chi connectivity index (χ2n) is 9.39. The SMILES string of the molecule is CC(=O)c1ccc(S(=O)(=O)N2CCC(C(=O)N[C@H](C)[C@@H]3C[C@H]4CC[C@H]3C4)CC2)cc1. The van der Waals surface area contributed by atoms with Gasteiger partial charge in [0, 0.05) is 30.6 Å². The number of hydrogen-bond donors (Lipinski definition) is 1. The van der Waals surface area contributed by atoms with Gasteiger partial charge in [-0.25, -0.2) is 8.42 Å². The van der Waals surface area contributed by atoms with Crippen molar-refractivity contribution in [1.29, 1.82) is 0 Å². The number of Topliss-reactive ketones (excluding diaryl/α,β-unsaturated/α-hetero) is 1. The van der Waals surface area contributed by atoms with Gasteiger partial charge in [0.05, 0.1) is 4.90 Å². The van der Waals surface area contributed by atoms with Crippen LogP contribution in [0, 0.1) is 23.7 Å². The Labute approximate surface area is 179 Å². The molecule has 2 aliphatic carbocycles. The lowest BCUT2D eigenvalue weighted by Gasteiger charge is -2.33. The highest BCUT2D eigenvalue weighted by Crippen LogP contribution is 2.49. The average Bonchev–Trinajstić information content (AvgIpc) is 3.37. The molecule has 1 amide bonds. The fourth-order valence-electron chi connectivity index (χ4n) is 5.72. The van der Waals surface area contributed by atoms with Crippen molar-refractivity contribution in [1.82, 2.24) is 9.62 Å². The minimum atomic E-state index is -3.61. The summed E-state index contributed by atoms with van der Waals surface area (Å²) in [6.45, 7) is 4.28. The molecule has 0 aromatic heterocycles. The quantitative estimate of drug-likeness (QED) is 0.700. The molecule has 2 bridgehead atoms. The molecule has 1 heterocycles. The summed E-state index contributed by atoms with van der Waals surface area (Å²) < 4.78 is 27.3. The highest BCUT2D eigenvalue weighted by Gasteiger charge is 2.42. The van der Waals surface area contributed by atoms with E-state index in [1.807, 2.05) is 0 Å². The Morgan fingerprint density at radius 3 is 2.23 bits per heavy atom. The zero-order chi connectivity index (χ0) is 21.5. The van der Waals surface area contributed by atoms with E-state index in [9.17, 15) is 18.0 Å². The topological polar surface area (TPSA) is 83.6 Å². The molecule has 1 saturated heterocycles. The van der Waals surface area contributed by atoms with E-state index in [1.54, 1.807) is 12.1 Å². The molecular weight excluding hydrogens is 400 g/mol. The van der Waals surface area contributed by atoms with Gasteiger partial charge >= 0.3 is 0 Å². The van der Waals surface area contributed by atoms with Gasteiger partial charge in [0.25, 0.3) is 0 Å². The standard InChI is InChI=1S/C23H32N2O4S/c1-15(22-14-17-3-4-20(22)13-17)24-23(27)19-9-11-25(12-10-19)30(28,29)21-7-5-18(6-8-21)16(2)26/h5-8,15,17,19-20,22H,3-4,9-14H2,1-2H3,(H,24,27)/t15-,17+,20+,22+/m1/s1. The predicted octanol–water partition coefficient (Wildman–Crippen LogP) is 3.23. The van der Waals surface area contributed by atoms with E-state index in [2.05, 4.69) is 12.2 Å². The summed E-state index contributed by atoms with van der Waals surface area (Å²) in [5.41, 5.74) is 0.494. The van der Waals surface area contributed by atoms with Crippen LogP contribution in [0.15, 0.2) is 29.2 Å². The minimum absolute atomic E-state index is 0.0770. The summed E-state index contributed by atoms with van der Waals surface area (Å²) in [4.78, 5) is 24.4. The van der Waals surface area contributed by atoms with Crippen molar-refractivity contribution >= 4 is 21.7 Å². The molecular formula is C23H32N2O4S. The number of benzene rings is 1. The molecule has 30 heavy (non-hydrogen) atoms. The van der Waals surface area contributed by atoms with E-state index in [-0.39, 0.29) is 28.5 Å². The average molecular weight is 433 g/mol. The predicted molar refractivity (Wildman–Crippen MR) is 114 cm³/mol. The van der Waals surface area contributed by atoms with Crippen LogP contribution in [-0.2, 0) is 14.8 Å². The molecule has 1 N–H and O–H groups in total. The number of carbonyl (C=O) groups is 2. The smallest absolute Gasteiger partial charge is 0.243 e. The molecule has 6 nitrogen and oxygen atoms in total. The van der Waals surface area contributed by atoms with Crippen molar-refractivity contribution < 1.29 is 18.0 Å². The maximum Gasteiger partial charge on any atom is 0.243 e. The number of piperidine rings is 1. The largest absolute Gasteiger partial charge is 0.353 e. The number of ketones is 1. The monoisotopic (exact) mass is 432 g/mol. The summed E-state index contributed by atoms with van der Waals surface area (Å²) >= 11 is 0. The molecule has 4 atom stereocenters. The molecule has 0 radical (unpaired) electrons. The minimum Gasteiger partial charge on any atom is -0.353 e. The zero-order valence-corrected chi connectivity index (χ0v) is 18.7. The van der Waals surface area contributed by atoms with Crippen LogP contribution >= 0.6 is 0 Å². The van der Waals surface area contributed by atoms with Gasteiger partial charge in [-0.1, -0.05) is 18.6 Å². The highest BCUT2D eigenvalue weighted by atomic mass is 32.2. The van der Waals surface area contributed by atoms with Crippen LogP contribution in [0.4, 0.5) is 0 Å². The molecule has 0 spiro atoms. The number of sulfonamides is 1. The number of amides is 1. The fraction of sp³-hybridized carbons (Fsp3) is 0.652. The van der Waals surface area contributed by atoms with Gasteiger partial charge < -0.3 is 5.32 Å². The van der Waals surface area contributed by atoms with Gasteiger partial charge in [-0.2, -0.15) is 4.31 Å². The Hall–Kier alpha value is -1.73. The molecule has 3 fully saturated rings. The molecule has 164 valence electrons. The zero-order valence-electron chi connectivity index (χ0n) is 17.8. The van der Waals surface area contributed by atoms with Gasteiger partial charge in [0.15, 0.2) is 5.78 Å². The maximum atomic E-state index is 12.9. The van der Waals surface area contributed by atoms with Crippen molar-refractivity contribution in [2.24, 2.45) is 23.7 Å². The number of hydrogen-bond acceptors (Lipinski definition) is 4. The van der Waals surface area contributed by atoms with Crippen LogP contribution in [0.25, 0.3) is 0 Å². The summed E-state index contributed by atoms with van der Waals surface area (Å²) in [5, 5.41) is 3.24. The van der Waals surface area contributed by atoms with Crippen molar-refractivity contribution in [3.8, 4) is 0 Å². The number of carbonyl (C=O) groups excluding carboxylic acids is 2. The van der Waals surface area contributed by atoms with Crippen molar-refractivity contribution in [3.63, 3.8) is 0 Å². The van der Waals surface area contributed by atoms with E-state index in [0.717, 1.165) is 11.8 Å². The number of rotatable bonds is 6. The van der Waals surface area contributed by atoms with Crippen LogP contribution in [0.1, 0.15) is 62.7 Å². The normalized spacial score (nSPS) is 28.4. The fourth-order valence-corrected chi connectivity index (χ4v) is 7.19. The van der Waals surface area contributed by atoms with Crippen molar-refractivity contribution in [3.05, 3.63) is 29.8 Å². The maximum absolute atomic E-state index is 12.9. The Kier molecular flexibility index (Phi) is 6.04. The molecule has 7 heteroatoms. The number of nitrogens with zero attached hydrogens (tertiary/aromatic N) is 1. The molecule has 0 unspecified atom stereocenters. The third kappa shape index (κ3) is 4.19. The van der Waals surface area contributed by atoms with Crippen molar-refractivity contribution in [2.45, 2.75) is 63.3 Å². The van der Waals surface area contributed by atoms with Gasteiger partial charge in [-0.15, -0.1) is 0 Å². The third-order valence-electron chi connectivity index (χ3n) is 7.53. The third-order valence-corrected chi connectivity index (χ3v) is 9.44. The second kappa shape index (κ2) is 8.42. The van der Waals surface area contributed by atoms with E-state index in [0.29, 0.717) is 37.4 Å². The highest BCUT2D eigenvalue weighted by molar-refractivity contribution is 7.89. The first-order valence-corrected chi connectivity index (χ1v) is 12.6. The van der Waals surface area contributed by atoms with Gasteiger partial charge in [0.1, 0.15) is 0 Å². The van der Waals surface area contributed by atoms with Crippen LogP contribution in [-0.4, -0.2) is 43.5 Å². The Bertz CT molecular complexity index is 904. The van der Waals surface area contributed by atoms with Crippen LogP contribution in [0.3, 0.4) is 0 Å². The molecule has 1 aromatic carbocycles. The summed E-state index contributed by atoms with van der Waals surface area (Å²) in [6.07, 6.45) is 6.31. The molecule has 1 aromatic rings. The first-order chi connectivity index (χ1) is 14.3. The first kappa shape index (κ1) is 21.5. The number of nitrogens with one attached hydrogen (secondary N) is 1. The van der Waals surface area contributed by atoms with E-state index < -0.39 is 10.0 Å². The lowest BCUT2D eigenvalue weighted by atomic mass is 9.83. The summed E-state index contributed by atoms with van der Waals surface area (Å²) in [7, 11) is -3.61. The molecule has 1 aliphatic heterocycles. The number of fused-ring (bicyclic) bond motifs is 2. The van der Waals surface area contributed by atoms with E-state index in [4.69, 9.17) is 0 Å². The van der Waals surface area contributed by atoms with Gasteiger partial charge in [-0.05, 0) is 75.8 Å². The van der Waals surface area contributed by atoms with Gasteiger partial charge in [-0.3, -0.25) is 9.59 Å². The van der Waals surface area contributed by atoms with Crippen LogP contribution in [0.2, 0.25) is 0 Å². The van der Waals surface area contributed by atoms with Crippen molar-refractivity contribution in [2.75, 3.05) is 13.1 Å². The molecule has 2 saturated carbocycles.